The molecule has 2 heterocycles. The smallest absolute Gasteiger partial charge is 0.234 e. The van der Waals surface area contributed by atoms with Crippen LogP contribution in [0, 0.1) is 0 Å². The zero-order valence-corrected chi connectivity index (χ0v) is 18.3. The van der Waals surface area contributed by atoms with Crippen molar-refractivity contribution in [2.24, 2.45) is 0 Å². The van der Waals surface area contributed by atoms with Crippen LogP contribution in [0.2, 0.25) is 5.02 Å². The predicted octanol–water partition coefficient (Wildman–Crippen LogP) is 4.22. The number of anilines is 1. The third kappa shape index (κ3) is 4.57. The Hall–Kier alpha value is -3.30. The van der Waals surface area contributed by atoms with E-state index in [0.717, 1.165) is 11.1 Å². The highest BCUT2D eigenvalue weighted by Gasteiger charge is 2.14. The maximum Gasteiger partial charge on any atom is 0.234 e. The number of benzene rings is 2. The number of amides is 1. The lowest BCUT2D eigenvalue weighted by atomic mass is 10.2. The third-order valence-corrected chi connectivity index (χ3v) is 5.68. The molecule has 8 nitrogen and oxygen atoms in total. The zero-order chi connectivity index (χ0) is 21.8. The fourth-order valence-electron chi connectivity index (χ4n) is 2.94. The van der Waals surface area contributed by atoms with Gasteiger partial charge in [0.2, 0.25) is 5.91 Å². The first-order valence-electron chi connectivity index (χ1n) is 9.18. The Labute approximate surface area is 187 Å². The molecule has 1 N–H and O–H groups in total. The van der Waals surface area contributed by atoms with Crippen molar-refractivity contribution in [2.75, 3.05) is 25.3 Å². The SMILES string of the molecule is COc1ccc(OC)c(NC(=O)CSc2ncnc3c2cnn3-c2ccc(Cl)cc2)c1. The Kier molecular flexibility index (Phi) is 6.24. The van der Waals surface area contributed by atoms with Crippen molar-refractivity contribution in [3.8, 4) is 17.2 Å². The molecule has 31 heavy (non-hydrogen) atoms. The lowest BCUT2D eigenvalue weighted by Gasteiger charge is -2.11. The molecule has 1 amide bonds. The molecule has 0 spiro atoms. The van der Waals surface area contributed by atoms with Crippen molar-refractivity contribution >= 4 is 46.0 Å². The maximum absolute atomic E-state index is 12.5. The van der Waals surface area contributed by atoms with E-state index in [1.165, 1.54) is 18.1 Å². The summed E-state index contributed by atoms with van der Waals surface area (Å²) in [4.78, 5) is 21.2. The number of ether oxygens (including phenoxy) is 2. The summed E-state index contributed by atoms with van der Waals surface area (Å²) in [6.45, 7) is 0. The summed E-state index contributed by atoms with van der Waals surface area (Å²) in [6.07, 6.45) is 3.15. The summed E-state index contributed by atoms with van der Waals surface area (Å²) in [6, 6.07) is 12.5. The topological polar surface area (TPSA) is 91.2 Å². The first-order valence-corrected chi connectivity index (χ1v) is 10.5. The molecular formula is C21H18ClN5O3S. The van der Waals surface area contributed by atoms with Crippen LogP contribution in [0.3, 0.4) is 0 Å². The van der Waals surface area contributed by atoms with Crippen LogP contribution < -0.4 is 14.8 Å². The van der Waals surface area contributed by atoms with Crippen LogP contribution in [0.4, 0.5) is 5.69 Å². The monoisotopic (exact) mass is 455 g/mol. The second-order valence-corrected chi connectivity index (χ2v) is 7.75. The lowest BCUT2D eigenvalue weighted by molar-refractivity contribution is -0.113. The number of nitrogens with one attached hydrogen (secondary N) is 1. The molecule has 0 saturated heterocycles. The molecule has 0 aliphatic carbocycles. The van der Waals surface area contributed by atoms with Gasteiger partial charge in [0, 0.05) is 11.1 Å². The van der Waals surface area contributed by atoms with E-state index in [2.05, 4.69) is 20.4 Å². The van der Waals surface area contributed by atoms with Crippen molar-refractivity contribution in [1.82, 2.24) is 19.7 Å². The first kappa shape index (κ1) is 21.0. The van der Waals surface area contributed by atoms with Gasteiger partial charge in [-0.25, -0.2) is 14.6 Å². The minimum atomic E-state index is -0.201. The van der Waals surface area contributed by atoms with E-state index in [0.29, 0.717) is 32.9 Å². The van der Waals surface area contributed by atoms with Gasteiger partial charge in [0.15, 0.2) is 5.65 Å². The Morgan fingerprint density at radius 1 is 1.13 bits per heavy atom. The Balaban J connectivity index is 1.51. The van der Waals surface area contributed by atoms with Gasteiger partial charge in [-0.05, 0) is 36.4 Å². The van der Waals surface area contributed by atoms with Crippen molar-refractivity contribution in [1.29, 1.82) is 0 Å². The summed E-state index contributed by atoms with van der Waals surface area (Å²) in [5, 5.41) is 9.34. The predicted molar refractivity (Wildman–Crippen MR) is 121 cm³/mol. The number of hydrogen-bond donors (Lipinski definition) is 1. The third-order valence-electron chi connectivity index (χ3n) is 4.42. The van der Waals surface area contributed by atoms with Crippen LogP contribution in [0.5, 0.6) is 11.5 Å². The molecule has 0 unspecified atom stereocenters. The zero-order valence-electron chi connectivity index (χ0n) is 16.7. The average molecular weight is 456 g/mol. The van der Waals surface area contributed by atoms with Crippen LogP contribution in [0.1, 0.15) is 0 Å². The van der Waals surface area contributed by atoms with Gasteiger partial charge in [-0.3, -0.25) is 4.79 Å². The molecule has 0 fully saturated rings. The number of methoxy groups -OCH3 is 2. The van der Waals surface area contributed by atoms with Gasteiger partial charge in [-0.2, -0.15) is 5.10 Å². The minimum Gasteiger partial charge on any atom is -0.497 e. The molecule has 2 aromatic heterocycles. The van der Waals surface area contributed by atoms with Crippen LogP contribution >= 0.6 is 23.4 Å². The normalized spacial score (nSPS) is 10.8. The number of carbonyl (C=O) groups is 1. The second-order valence-electron chi connectivity index (χ2n) is 6.35. The van der Waals surface area contributed by atoms with E-state index in [4.69, 9.17) is 21.1 Å². The number of nitrogens with zero attached hydrogens (tertiary/aromatic N) is 4. The summed E-state index contributed by atoms with van der Waals surface area (Å²) in [5.74, 6) is 1.12. The number of rotatable bonds is 7. The number of thioether (sulfide) groups is 1. The Morgan fingerprint density at radius 2 is 1.94 bits per heavy atom. The van der Waals surface area contributed by atoms with Gasteiger partial charge in [0.25, 0.3) is 0 Å². The van der Waals surface area contributed by atoms with E-state index in [1.807, 2.05) is 12.1 Å². The fourth-order valence-corrected chi connectivity index (χ4v) is 3.83. The van der Waals surface area contributed by atoms with Crippen LogP contribution in [0.25, 0.3) is 16.7 Å². The Bertz CT molecular complexity index is 1230. The molecule has 4 aromatic rings. The number of aromatic nitrogens is 4. The molecular weight excluding hydrogens is 438 g/mol. The number of halogens is 1. The van der Waals surface area contributed by atoms with Crippen molar-refractivity contribution in [2.45, 2.75) is 5.03 Å². The Morgan fingerprint density at radius 3 is 2.68 bits per heavy atom. The van der Waals surface area contributed by atoms with E-state index in [9.17, 15) is 4.79 Å². The number of fused-ring (bicyclic) bond motifs is 1. The molecule has 10 heteroatoms. The molecule has 0 aliphatic rings. The highest BCUT2D eigenvalue weighted by Crippen LogP contribution is 2.30. The van der Waals surface area contributed by atoms with Gasteiger partial charge in [0.05, 0.1) is 42.9 Å². The minimum absolute atomic E-state index is 0.151. The average Bonchev–Trinajstić information content (AvgIpc) is 3.23. The molecule has 0 radical (unpaired) electrons. The van der Waals surface area contributed by atoms with E-state index < -0.39 is 0 Å². The van der Waals surface area contributed by atoms with Crippen molar-refractivity contribution < 1.29 is 14.3 Å². The molecule has 2 aromatic carbocycles. The highest BCUT2D eigenvalue weighted by atomic mass is 35.5. The van der Waals surface area contributed by atoms with Crippen LogP contribution in [-0.4, -0.2) is 45.6 Å². The molecule has 0 bridgehead atoms. The molecule has 0 saturated carbocycles. The maximum atomic E-state index is 12.5. The number of hydrogen-bond acceptors (Lipinski definition) is 7. The molecule has 0 aliphatic heterocycles. The van der Waals surface area contributed by atoms with Gasteiger partial charge >= 0.3 is 0 Å². The van der Waals surface area contributed by atoms with Crippen LogP contribution in [-0.2, 0) is 4.79 Å². The quantitative estimate of drug-likeness (QED) is 0.329. The summed E-state index contributed by atoms with van der Waals surface area (Å²) < 4.78 is 12.2. The van der Waals surface area contributed by atoms with Gasteiger partial charge in [0.1, 0.15) is 22.9 Å². The van der Waals surface area contributed by atoms with Gasteiger partial charge in [-0.1, -0.05) is 23.4 Å². The van der Waals surface area contributed by atoms with E-state index in [-0.39, 0.29) is 11.7 Å². The van der Waals surface area contributed by atoms with Gasteiger partial charge < -0.3 is 14.8 Å². The van der Waals surface area contributed by atoms with Crippen molar-refractivity contribution in [3.05, 3.63) is 60.0 Å². The van der Waals surface area contributed by atoms with Gasteiger partial charge in [-0.15, -0.1) is 0 Å². The first-order chi connectivity index (χ1) is 15.1. The lowest BCUT2D eigenvalue weighted by Crippen LogP contribution is -2.15. The molecule has 158 valence electrons. The summed E-state index contributed by atoms with van der Waals surface area (Å²) in [5.41, 5.74) is 2.02. The summed E-state index contributed by atoms with van der Waals surface area (Å²) in [7, 11) is 3.11. The van der Waals surface area contributed by atoms with Crippen molar-refractivity contribution in [3.63, 3.8) is 0 Å². The summed E-state index contributed by atoms with van der Waals surface area (Å²) >= 11 is 7.27. The largest absolute Gasteiger partial charge is 0.497 e. The standard InChI is InChI=1S/C21H18ClN5O3S/c1-29-15-7-8-18(30-2)17(9-15)26-19(28)11-31-21-16-10-25-27(20(16)23-12-24-21)14-5-3-13(22)4-6-14/h3-10,12H,11H2,1-2H3,(H,26,28). The second kappa shape index (κ2) is 9.23. The molecule has 0 atom stereocenters. The van der Waals surface area contributed by atoms with E-state index in [1.54, 1.807) is 55.4 Å². The fraction of sp³-hybridized carbons (Fsp3) is 0.143. The van der Waals surface area contributed by atoms with E-state index >= 15 is 0 Å². The van der Waals surface area contributed by atoms with Crippen LogP contribution in [0.15, 0.2) is 60.0 Å². The highest BCUT2D eigenvalue weighted by molar-refractivity contribution is 8.00. The number of carbonyl (C=O) groups excluding carboxylic acids is 1. The molecule has 4 rings (SSSR count).